The molecule has 0 aromatic rings. The Morgan fingerprint density at radius 3 is 2.25 bits per heavy atom. The van der Waals surface area contributed by atoms with E-state index in [0.717, 1.165) is 0 Å². The predicted octanol–water partition coefficient (Wildman–Crippen LogP) is -2.71. The molecule has 5 heteroatoms. The molecule has 0 aliphatic heterocycles. The maximum atomic E-state index is 10.7. The van der Waals surface area contributed by atoms with Gasteiger partial charge in [-0.05, 0) is 0 Å². The van der Waals surface area contributed by atoms with Crippen LogP contribution in [-0.2, 0) is 9.59 Å². The van der Waals surface area contributed by atoms with Gasteiger partial charge in [0.2, 0.25) is 0 Å². The molecule has 0 heterocycles. The number of carbonyl (C=O) groups excluding carboxylic acids is 2. The van der Waals surface area contributed by atoms with Crippen molar-refractivity contribution >= 4 is 11.8 Å². The van der Waals surface area contributed by atoms with Gasteiger partial charge in [0.1, 0.15) is 5.91 Å². The number of nitrogens with one attached hydrogen (secondary N) is 1. The molecule has 0 aromatic carbocycles. The second-order valence-corrected chi connectivity index (χ2v) is 2.62. The van der Waals surface area contributed by atoms with Crippen molar-refractivity contribution in [3.05, 3.63) is 5.32 Å². The Morgan fingerprint density at radius 1 is 1.42 bits per heavy atom. The topological polar surface area (TPSA) is 60.3 Å². The van der Waals surface area contributed by atoms with Gasteiger partial charge < -0.3 is 15.4 Å². The molecule has 0 radical (unpaired) electrons. The number of amides is 2. The normalized spacial score (nSPS) is 8.67. The molecule has 0 fully saturated rings. The number of nitrogens with zero attached hydrogens (tertiary/aromatic N) is 1. The van der Waals surface area contributed by atoms with Gasteiger partial charge in [-0.1, -0.05) is 19.8 Å². The van der Waals surface area contributed by atoms with Crippen LogP contribution < -0.4 is 24.2 Å². The largest absolute Gasteiger partial charge is 1.00 e. The quantitative estimate of drug-likeness (QED) is 0.356. The van der Waals surface area contributed by atoms with E-state index in [1.165, 1.54) is 7.05 Å². The summed E-state index contributed by atoms with van der Waals surface area (Å²) >= 11 is 0. The van der Waals surface area contributed by atoms with Gasteiger partial charge in [-0.2, -0.15) is 0 Å². The van der Waals surface area contributed by atoms with Crippen LogP contribution in [0.1, 0.15) is 13.8 Å². The van der Waals surface area contributed by atoms with E-state index in [4.69, 9.17) is 0 Å². The fourth-order valence-corrected chi connectivity index (χ4v) is 0.444. The Kier molecular flexibility index (Phi) is 8.45. The van der Waals surface area contributed by atoms with Crippen LogP contribution in [-0.4, -0.2) is 25.4 Å². The summed E-state index contributed by atoms with van der Waals surface area (Å²) in [7, 11) is 1.41. The van der Waals surface area contributed by atoms with Crippen LogP contribution in [0.4, 0.5) is 0 Å². The smallest absolute Gasteiger partial charge is 0.645 e. The van der Waals surface area contributed by atoms with E-state index in [-0.39, 0.29) is 18.9 Å². The number of rotatable bonds is 2. The summed E-state index contributed by atoms with van der Waals surface area (Å²) in [5.41, 5.74) is 0. The zero-order chi connectivity index (χ0) is 8.85. The van der Waals surface area contributed by atoms with Gasteiger partial charge in [-0.25, -0.2) is 0 Å². The molecule has 2 amide bonds. The van der Waals surface area contributed by atoms with Gasteiger partial charge in [0, 0.05) is 7.05 Å². The molecule has 0 rings (SSSR count). The molecule has 0 aliphatic carbocycles. The second kappa shape index (κ2) is 7.20. The van der Waals surface area contributed by atoms with Crippen molar-refractivity contribution in [2.75, 3.05) is 13.6 Å². The van der Waals surface area contributed by atoms with Crippen molar-refractivity contribution in [3.63, 3.8) is 0 Å². The summed E-state index contributed by atoms with van der Waals surface area (Å²) in [5, 5.41) is 5.75. The van der Waals surface area contributed by atoms with E-state index in [0.29, 0.717) is 12.5 Å². The Hall–Kier alpha value is -0.463. The summed E-state index contributed by atoms with van der Waals surface area (Å²) in [5.74, 6) is -1.03. The van der Waals surface area contributed by atoms with E-state index in [1.807, 2.05) is 13.8 Å². The monoisotopic (exact) mass is 164 g/mol. The first-order chi connectivity index (χ1) is 5.07. The molecule has 12 heavy (non-hydrogen) atoms. The molecule has 4 nitrogen and oxygen atoms in total. The van der Waals surface area contributed by atoms with Crippen molar-refractivity contribution in [3.8, 4) is 0 Å². The van der Waals surface area contributed by atoms with Gasteiger partial charge >= 0.3 is 18.9 Å². The molecule has 0 aromatic heterocycles. The number of carbonyl (C=O) groups is 2. The maximum absolute atomic E-state index is 10.7. The average molecular weight is 164 g/mol. The minimum atomic E-state index is -0.693. The Morgan fingerprint density at radius 2 is 1.92 bits per heavy atom. The molecule has 0 unspecified atom stereocenters. The summed E-state index contributed by atoms with van der Waals surface area (Å²) in [4.78, 5) is 21.3. The van der Waals surface area contributed by atoms with Crippen LogP contribution in [0.3, 0.4) is 0 Å². The van der Waals surface area contributed by atoms with Crippen LogP contribution in [0.5, 0.6) is 0 Å². The molecule has 0 saturated carbocycles. The minimum absolute atomic E-state index is 0. The second-order valence-electron chi connectivity index (χ2n) is 2.62. The van der Waals surface area contributed by atoms with Crippen molar-refractivity contribution in [2.45, 2.75) is 13.8 Å². The molecule has 1 N–H and O–H groups in total. The van der Waals surface area contributed by atoms with E-state index < -0.39 is 11.8 Å². The third-order valence-corrected chi connectivity index (χ3v) is 1.02. The summed E-state index contributed by atoms with van der Waals surface area (Å²) < 4.78 is 0. The zero-order valence-corrected chi connectivity index (χ0v) is 8.05. The van der Waals surface area contributed by atoms with Crippen LogP contribution in [0.2, 0.25) is 0 Å². The summed E-state index contributed by atoms with van der Waals surface area (Å²) in [6, 6.07) is 0. The molecule has 0 bridgehead atoms. The molecule has 0 saturated heterocycles. The van der Waals surface area contributed by atoms with E-state index >= 15 is 0 Å². The number of hydrogen-bond donors (Lipinski definition) is 1. The average Bonchev–Trinajstić information content (AvgIpc) is 1.98. The Labute approximate surface area is 84.6 Å². The van der Waals surface area contributed by atoms with E-state index in [1.54, 1.807) is 0 Å². The molecule has 0 spiro atoms. The SMILES string of the molecule is CNC(=O)C(=O)[N-]CC(C)C.[Li+]. The third-order valence-electron chi connectivity index (χ3n) is 1.02. The van der Waals surface area contributed by atoms with Crippen molar-refractivity contribution in [2.24, 2.45) is 5.92 Å². The Bertz CT molecular complexity index is 159. The van der Waals surface area contributed by atoms with Crippen LogP contribution in [0.25, 0.3) is 5.32 Å². The van der Waals surface area contributed by atoms with Crippen LogP contribution >= 0.6 is 0 Å². The molecule has 64 valence electrons. The van der Waals surface area contributed by atoms with Gasteiger partial charge in [0.25, 0.3) is 5.91 Å². The third kappa shape index (κ3) is 6.26. The number of likely N-dealkylation sites (N-methyl/N-ethyl adjacent to an activating group) is 1. The minimum Gasteiger partial charge on any atom is -0.645 e. The van der Waals surface area contributed by atoms with Gasteiger partial charge in [0.05, 0.1) is 0 Å². The molecular weight excluding hydrogens is 151 g/mol. The van der Waals surface area contributed by atoms with Gasteiger partial charge in [-0.3, -0.25) is 4.79 Å². The van der Waals surface area contributed by atoms with Crippen molar-refractivity contribution in [1.82, 2.24) is 5.32 Å². The summed E-state index contributed by atoms with van der Waals surface area (Å²) in [6.45, 7) is 4.27. The molecule has 0 atom stereocenters. The Balaban J connectivity index is 0. The first-order valence-corrected chi connectivity index (χ1v) is 3.51. The van der Waals surface area contributed by atoms with Crippen molar-refractivity contribution < 1.29 is 28.4 Å². The van der Waals surface area contributed by atoms with Gasteiger partial charge in [-0.15, -0.1) is 6.54 Å². The summed E-state index contributed by atoms with van der Waals surface area (Å²) in [6.07, 6.45) is 0. The first kappa shape index (κ1) is 14.1. The molecule has 0 aliphatic rings. The van der Waals surface area contributed by atoms with Gasteiger partial charge in [0.15, 0.2) is 0 Å². The predicted molar refractivity (Wildman–Crippen MR) is 42.1 cm³/mol. The maximum Gasteiger partial charge on any atom is 1.00 e. The standard InChI is InChI=1S/C7H14N2O2.Li/c1-5(2)4-9-7(11)6(10)8-3;/h5H,4H2,1-3H3,(H2,8,9,10,11);/q;+1/p-1. The molecular formula is C7H13LiN2O2. The number of hydrogen-bond acceptors (Lipinski definition) is 2. The first-order valence-electron chi connectivity index (χ1n) is 3.51. The fraction of sp³-hybridized carbons (Fsp3) is 0.714. The fourth-order valence-electron chi connectivity index (χ4n) is 0.444. The van der Waals surface area contributed by atoms with Crippen LogP contribution in [0.15, 0.2) is 0 Å². The van der Waals surface area contributed by atoms with E-state index in [2.05, 4.69) is 10.6 Å². The van der Waals surface area contributed by atoms with E-state index in [9.17, 15) is 9.59 Å². The van der Waals surface area contributed by atoms with Crippen LogP contribution in [0, 0.1) is 5.92 Å². The zero-order valence-electron chi connectivity index (χ0n) is 8.05. The van der Waals surface area contributed by atoms with Crippen molar-refractivity contribution in [1.29, 1.82) is 0 Å².